The standard InChI is InChI=1S/C8H18O7S2.2Na.2H/c9-16(10,11)7-3-1-5-15-6-2-4-8-17(12,13)14;;;;/h1-8H2,(H,9,10,11)(H,12,13,14);;;;. The first-order valence-electron chi connectivity index (χ1n) is 5.19. The van der Waals surface area contributed by atoms with Gasteiger partial charge in [0, 0.05) is 13.2 Å². The Morgan fingerprint density at radius 2 is 1.00 bits per heavy atom. The van der Waals surface area contributed by atoms with Gasteiger partial charge in [-0.15, -0.1) is 0 Å². The Hall–Kier alpha value is 1.78. The van der Waals surface area contributed by atoms with Crippen LogP contribution in [0.2, 0.25) is 0 Å². The Kier molecular flexibility index (Phi) is 18.2. The summed E-state index contributed by atoms with van der Waals surface area (Å²) < 4.78 is 63.3. The molecular formula is C8H20Na2O7S2. The van der Waals surface area contributed by atoms with Crippen molar-refractivity contribution in [3.8, 4) is 0 Å². The van der Waals surface area contributed by atoms with Crippen LogP contribution in [-0.2, 0) is 25.0 Å². The Morgan fingerprint density at radius 3 is 1.26 bits per heavy atom. The molecule has 0 aliphatic heterocycles. The maximum atomic E-state index is 10.3. The number of unbranched alkanes of at least 4 members (excludes halogenated alkanes) is 2. The number of rotatable bonds is 10. The van der Waals surface area contributed by atoms with Gasteiger partial charge in [-0.25, -0.2) is 0 Å². The Bertz CT molecular complexity index is 355. The summed E-state index contributed by atoms with van der Waals surface area (Å²) in [5.74, 6) is -0.557. The molecule has 19 heavy (non-hydrogen) atoms. The normalized spacial score (nSPS) is 11.5. The summed E-state index contributed by atoms with van der Waals surface area (Å²) in [4.78, 5) is 0. The third-order valence-corrected chi connectivity index (χ3v) is 3.49. The van der Waals surface area contributed by atoms with Crippen LogP contribution in [0.15, 0.2) is 0 Å². The van der Waals surface area contributed by atoms with E-state index in [-0.39, 0.29) is 70.6 Å². The van der Waals surface area contributed by atoms with Crippen LogP contribution in [0.1, 0.15) is 25.7 Å². The summed E-state index contributed by atoms with van der Waals surface area (Å²) in [5.41, 5.74) is 0. The van der Waals surface area contributed by atoms with Crippen molar-refractivity contribution < 1.29 is 30.7 Å². The maximum absolute atomic E-state index is 10.3. The van der Waals surface area contributed by atoms with Crippen molar-refractivity contribution in [3.05, 3.63) is 0 Å². The quantitative estimate of drug-likeness (QED) is 0.299. The molecule has 0 rings (SSSR count). The van der Waals surface area contributed by atoms with Crippen molar-refractivity contribution in [3.63, 3.8) is 0 Å². The van der Waals surface area contributed by atoms with E-state index in [1.54, 1.807) is 0 Å². The van der Waals surface area contributed by atoms with Crippen LogP contribution < -0.4 is 0 Å². The molecule has 108 valence electrons. The summed E-state index contributed by atoms with van der Waals surface area (Å²) in [7, 11) is -7.78. The topological polar surface area (TPSA) is 118 Å². The number of hydrogen-bond donors (Lipinski definition) is 2. The van der Waals surface area contributed by atoms with Crippen molar-refractivity contribution in [2.24, 2.45) is 0 Å². The fourth-order valence-electron chi connectivity index (χ4n) is 1.08. The van der Waals surface area contributed by atoms with Crippen LogP contribution in [0.5, 0.6) is 0 Å². The van der Waals surface area contributed by atoms with Crippen LogP contribution in [0.25, 0.3) is 0 Å². The SMILES string of the molecule is O=S(=O)(O)CCCCOCCCCS(=O)(=O)O.[NaH].[NaH]. The van der Waals surface area contributed by atoms with Crippen molar-refractivity contribution in [1.82, 2.24) is 0 Å². The van der Waals surface area contributed by atoms with E-state index < -0.39 is 20.2 Å². The van der Waals surface area contributed by atoms with Crippen LogP contribution in [0.3, 0.4) is 0 Å². The molecule has 0 unspecified atom stereocenters. The summed E-state index contributed by atoms with van der Waals surface area (Å²) in [6, 6.07) is 0. The fourth-order valence-corrected chi connectivity index (χ4v) is 2.22. The van der Waals surface area contributed by atoms with Crippen molar-refractivity contribution in [2.75, 3.05) is 24.7 Å². The van der Waals surface area contributed by atoms with Gasteiger partial charge in [-0.2, -0.15) is 16.8 Å². The van der Waals surface area contributed by atoms with Crippen molar-refractivity contribution in [2.45, 2.75) is 25.7 Å². The first kappa shape index (κ1) is 25.7. The summed E-state index contributed by atoms with van der Waals surface area (Å²) >= 11 is 0. The second-order valence-corrected chi connectivity index (χ2v) is 6.74. The molecule has 0 aliphatic carbocycles. The van der Waals surface area contributed by atoms with Gasteiger partial charge in [0.25, 0.3) is 20.2 Å². The molecule has 0 aromatic carbocycles. The monoisotopic (exact) mass is 338 g/mol. The van der Waals surface area contributed by atoms with E-state index in [2.05, 4.69) is 0 Å². The molecule has 0 amide bonds. The van der Waals surface area contributed by atoms with E-state index in [0.717, 1.165) is 0 Å². The summed E-state index contributed by atoms with van der Waals surface area (Å²) in [5, 5.41) is 0. The molecule has 0 fully saturated rings. The van der Waals surface area contributed by atoms with Gasteiger partial charge in [-0.1, -0.05) is 0 Å². The second kappa shape index (κ2) is 13.4. The molecule has 2 N–H and O–H groups in total. The minimum absolute atomic E-state index is 0. The molecule has 0 bridgehead atoms. The zero-order valence-electron chi connectivity index (χ0n) is 9.41. The minimum atomic E-state index is -3.89. The first-order valence-corrected chi connectivity index (χ1v) is 8.40. The van der Waals surface area contributed by atoms with Crippen LogP contribution in [-0.4, -0.2) is 110 Å². The molecule has 0 aliphatic rings. The second-order valence-electron chi connectivity index (χ2n) is 3.60. The molecule has 0 spiro atoms. The number of ether oxygens (including phenoxy) is 1. The fraction of sp³-hybridized carbons (Fsp3) is 1.00. The van der Waals surface area contributed by atoms with Gasteiger partial charge in [-0.3, -0.25) is 9.11 Å². The predicted octanol–water partition coefficient (Wildman–Crippen LogP) is -0.958. The molecule has 11 heteroatoms. The molecule has 0 radical (unpaired) electrons. The van der Waals surface area contributed by atoms with E-state index in [0.29, 0.717) is 38.9 Å². The predicted molar refractivity (Wildman–Crippen MR) is 76.4 cm³/mol. The Balaban J connectivity index is -0.00000128. The average molecular weight is 338 g/mol. The molecule has 0 aromatic heterocycles. The van der Waals surface area contributed by atoms with Gasteiger partial charge >= 0.3 is 59.1 Å². The van der Waals surface area contributed by atoms with E-state index in [9.17, 15) is 16.8 Å². The third-order valence-electron chi connectivity index (χ3n) is 1.88. The summed E-state index contributed by atoms with van der Waals surface area (Å²) in [6.45, 7) is 0.725. The molecule has 0 saturated carbocycles. The van der Waals surface area contributed by atoms with Crippen molar-refractivity contribution in [1.29, 1.82) is 0 Å². The van der Waals surface area contributed by atoms with E-state index >= 15 is 0 Å². The molecule has 0 saturated heterocycles. The molecule has 0 atom stereocenters. The zero-order chi connectivity index (χ0) is 13.4. The van der Waals surface area contributed by atoms with Gasteiger partial charge < -0.3 is 4.74 Å². The van der Waals surface area contributed by atoms with Gasteiger partial charge in [0.1, 0.15) is 0 Å². The Morgan fingerprint density at radius 1 is 0.684 bits per heavy atom. The van der Waals surface area contributed by atoms with E-state index in [1.165, 1.54) is 0 Å². The van der Waals surface area contributed by atoms with Gasteiger partial charge in [0.15, 0.2) is 0 Å². The van der Waals surface area contributed by atoms with Crippen molar-refractivity contribution >= 4 is 79.4 Å². The van der Waals surface area contributed by atoms with Crippen LogP contribution in [0, 0.1) is 0 Å². The van der Waals surface area contributed by atoms with E-state index in [1.807, 2.05) is 0 Å². The summed E-state index contributed by atoms with van der Waals surface area (Å²) in [6.07, 6.45) is 1.67. The van der Waals surface area contributed by atoms with E-state index in [4.69, 9.17) is 13.8 Å². The van der Waals surface area contributed by atoms with Crippen LogP contribution >= 0.6 is 0 Å². The van der Waals surface area contributed by atoms with Gasteiger partial charge in [0.05, 0.1) is 11.5 Å². The van der Waals surface area contributed by atoms with Crippen LogP contribution in [0.4, 0.5) is 0 Å². The third kappa shape index (κ3) is 25.1. The average Bonchev–Trinajstić information content (AvgIpc) is 2.11. The van der Waals surface area contributed by atoms with Gasteiger partial charge in [0.2, 0.25) is 0 Å². The zero-order valence-corrected chi connectivity index (χ0v) is 11.0. The number of hydrogen-bond acceptors (Lipinski definition) is 5. The molecule has 7 nitrogen and oxygen atoms in total. The Labute approximate surface area is 158 Å². The first-order chi connectivity index (χ1) is 7.71. The molecule has 0 heterocycles. The molecule has 0 aromatic rings. The molecular weight excluding hydrogens is 318 g/mol. The van der Waals surface area contributed by atoms with Gasteiger partial charge in [-0.05, 0) is 25.7 Å².